The molecule has 0 amide bonds. The summed E-state index contributed by atoms with van der Waals surface area (Å²) >= 11 is 0. The quantitative estimate of drug-likeness (QED) is 0.785. The Hall–Kier alpha value is -2.53. The van der Waals surface area contributed by atoms with E-state index < -0.39 is 0 Å². The second-order valence-corrected chi connectivity index (χ2v) is 4.43. The van der Waals surface area contributed by atoms with E-state index >= 15 is 0 Å². The summed E-state index contributed by atoms with van der Waals surface area (Å²) < 4.78 is 4.99. The first-order valence-corrected chi connectivity index (χ1v) is 6.26. The van der Waals surface area contributed by atoms with E-state index in [4.69, 9.17) is 10.5 Å². The Morgan fingerprint density at radius 3 is 2.75 bits per heavy atom. The molecule has 3 rings (SSSR count). The predicted octanol–water partition coefficient (Wildman–Crippen LogP) is 2.08. The van der Waals surface area contributed by atoms with Crippen molar-refractivity contribution in [2.45, 2.75) is 6.04 Å². The van der Waals surface area contributed by atoms with Gasteiger partial charge in [-0.15, -0.1) is 10.2 Å². The second-order valence-electron chi connectivity index (χ2n) is 4.43. The lowest BCUT2D eigenvalue weighted by Gasteiger charge is -2.11. The molecule has 1 unspecified atom stereocenters. The molecule has 100 valence electrons. The molecule has 0 saturated heterocycles. The third-order valence-corrected chi connectivity index (χ3v) is 3.18. The van der Waals surface area contributed by atoms with Gasteiger partial charge in [-0.2, -0.15) is 0 Å². The molecule has 5 nitrogen and oxygen atoms in total. The van der Waals surface area contributed by atoms with E-state index in [-0.39, 0.29) is 6.04 Å². The SMILES string of the molecule is COc1ccc(C(N)c2ccc3cccnc3c2)nn1. The minimum absolute atomic E-state index is 0.334. The monoisotopic (exact) mass is 266 g/mol. The van der Waals surface area contributed by atoms with Gasteiger partial charge >= 0.3 is 0 Å². The Bertz CT molecular complexity index is 727. The summed E-state index contributed by atoms with van der Waals surface area (Å²) in [5.74, 6) is 0.473. The van der Waals surface area contributed by atoms with E-state index in [1.165, 1.54) is 0 Å². The molecule has 1 atom stereocenters. The molecule has 20 heavy (non-hydrogen) atoms. The molecule has 0 fully saturated rings. The average Bonchev–Trinajstić information content (AvgIpc) is 2.54. The van der Waals surface area contributed by atoms with Crippen molar-refractivity contribution in [3.8, 4) is 5.88 Å². The second kappa shape index (κ2) is 5.22. The summed E-state index contributed by atoms with van der Waals surface area (Å²) in [7, 11) is 1.55. The highest BCUT2D eigenvalue weighted by Crippen LogP contribution is 2.21. The van der Waals surface area contributed by atoms with Crippen molar-refractivity contribution in [2.75, 3.05) is 7.11 Å². The average molecular weight is 266 g/mol. The van der Waals surface area contributed by atoms with Crippen molar-refractivity contribution in [3.63, 3.8) is 0 Å². The third kappa shape index (κ3) is 2.31. The van der Waals surface area contributed by atoms with E-state index in [2.05, 4.69) is 15.2 Å². The fraction of sp³-hybridized carbons (Fsp3) is 0.133. The van der Waals surface area contributed by atoms with Crippen LogP contribution < -0.4 is 10.5 Å². The molecule has 5 heteroatoms. The molecule has 0 aliphatic heterocycles. The van der Waals surface area contributed by atoms with Gasteiger partial charge in [0.25, 0.3) is 0 Å². The lowest BCUT2D eigenvalue weighted by molar-refractivity contribution is 0.390. The maximum Gasteiger partial charge on any atom is 0.233 e. The molecule has 0 spiro atoms. The molecule has 3 aromatic rings. The van der Waals surface area contributed by atoms with Gasteiger partial charge in [0.05, 0.1) is 24.4 Å². The van der Waals surface area contributed by atoms with Crippen LogP contribution in [-0.4, -0.2) is 22.3 Å². The number of hydrogen-bond acceptors (Lipinski definition) is 5. The van der Waals surface area contributed by atoms with Crippen LogP contribution in [0.3, 0.4) is 0 Å². The normalized spacial score (nSPS) is 12.3. The van der Waals surface area contributed by atoms with Gasteiger partial charge in [0.15, 0.2) is 0 Å². The number of nitrogens with zero attached hydrogens (tertiary/aromatic N) is 3. The number of methoxy groups -OCH3 is 1. The van der Waals surface area contributed by atoms with E-state index in [1.807, 2.05) is 36.4 Å². The Balaban J connectivity index is 1.96. The van der Waals surface area contributed by atoms with Crippen LogP contribution in [0, 0.1) is 0 Å². The van der Waals surface area contributed by atoms with Gasteiger partial charge in [-0.05, 0) is 23.8 Å². The van der Waals surface area contributed by atoms with Crippen molar-refractivity contribution in [2.24, 2.45) is 5.73 Å². The molecule has 0 aliphatic rings. The zero-order valence-corrected chi connectivity index (χ0v) is 11.0. The molecule has 0 aliphatic carbocycles. The van der Waals surface area contributed by atoms with Crippen LogP contribution in [0.2, 0.25) is 0 Å². The highest BCUT2D eigenvalue weighted by molar-refractivity contribution is 5.79. The highest BCUT2D eigenvalue weighted by Gasteiger charge is 2.12. The van der Waals surface area contributed by atoms with Crippen molar-refractivity contribution in [1.82, 2.24) is 15.2 Å². The van der Waals surface area contributed by atoms with Gasteiger partial charge in [0, 0.05) is 17.6 Å². The first kappa shape index (κ1) is 12.5. The zero-order valence-electron chi connectivity index (χ0n) is 11.0. The number of nitrogens with two attached hydrogens (primary N) is 1. The summed E-state index contributed by atoms with van der Waals surface area (Å²) in [6.45, 7) is 0. The number of benzene rings is 1. The number of ether oxygens (including phenoxy) is 1. The van der Waals surface area contributed by atoms with Crippen molar-refractivity contribution in [3.05, 3.63) is 59.9 Å². The summed E-state index contributed by atoms with van der Waals surface area (Å²) in [6, 6.07) is 13.1. The van der Waals surface area contributed by atoms with Gasteiger partial charge in [-0.3, -0.25) is 4.98 Å². The van der Waals surface area contributed by atoms with Crippen molar-refractivity contribution in [1.29, 1.82) is 0 Å². The molecule has 1 aromatic carbocycles. The fourth-order valence-corrected chi connectivity index (χ4v) is 2.05. The predicted molar refractivity (Wildman–Crippen MR) is 76.4 cm³/mol. The number of pyridine rings is 1. The van der Waals surface area contributed by atoms with Crippen LogP contribution in [0.15, 0.2) is 48.7 Å². The fourth-order valence-electron chi connectivity index (χ4n) is 2.05. The van der Waals surface area contributed by atoms with E-state index in [1.54, 1.807) is 19.4 Å². The molecule has 2 N–H and O–H groups in total. The molecular formula is C15H14N4O. The van der Waals surface area contributed by atoms with Gasteiger partial charge in [0.2, 0.25) is 5.88 Å². The van der Waals surface area contributed by atoms with Crippen LogP contribution >= 0.6 is 0 Å². The maximum atomic E-state index is 6.23. The zero-order chi connectivity index (χ0) is 13.9. The number of rotatable bonds is 3. The summed E-state index contributed by atoms with van der Waals surface area (Å²) in [5, 5.41) is 9.11. The first-order chi connectivity index (χ1) is 9.78. The summed E-state index contributed by atoms with van der Waals surface area (Å²) in [4.78, 5) is 4.33. The number of fused-ring (bicyclic) bond motifs is 1. The first-order valence-electron chi connectivity index (χ1n) is 6.26. The van der Waals surface area contributed by atoms with Crippen LogP contribution in [0.4, 0.5) is 0 Å². The van der Waals surface area contributed by atoms with Crippen LogP contribution in [0.25, 0.3) is 10.9 Å². The van der Waals surface area contributed by atoms with Gasteiger partial charge in [0.1, 0.15) is 0 Å². The minimum atomic E-state index is -0.334. The smallest absolute Gasteiger partial charge is 0.233 e. The van der Waals surface area contributed by atoms with Crippen molar-refractivity contribution >= 4 is 10.9 Å². The van der Waals surface area contributed by atoms with Gasteiger partial charge in [-0.25, -0.2) is 0 Å². The van der Waals surface area contributed by atoms with Crippen molar-refractivity contribution < 1.29 is 4.74 Å². The van der Waals surface area contributed by atoms with Crippen LogP contribution in [0.5, 0.6) is 5.88 Å². The largest absolute Gasteiger partial charge is 0.480 e. The summed E-state index contributed by atoms with van der Waals surface area (Å²) in [5.41, 5.74) is 8.80. The Morgan fingerprint density at radius 1 is 1.10 bits per heavy atom. The van der Waals surface area contributed by atoms with Crippen LogP contribution in [-0.2, 0) is 0 Å². The van der Waals surface area contributed by atoms with E-state index in [9.17, 15) is 0 Å². The summed E-state index contributed by atoms with van der Waals surface area (Å²) in [6.07, 6.45) is 1.77. The molecule has 0 radical (unpaired) electrons. The molecule has 0 saturated carbocycles. The lowest BCUT2D eigenvalue weighted by Crippen LogP contribution is -2.14. The molecular weight excluding hydrogens is 252 g/mol. The number of hydrogen-bond donors (Lipinski definition) is 1. The molecule has 2 aromatic heterocycles. The maximum absolute atomic E-state index is 6.23. The van der Waals surface area contributed by atoms with Crippen LogP contribution in [0.1, 0.15) is 17.3 Å². The van der Waals surface area contributed by atoms with E-state index in [0.29, 0.717) is 11.6 Å². The molecule has 0 bridgehead atoms. The Kier molecular flexibility index (Phi) is 3.26. The number of aromatic nitrogens is 3. The van der Waals surface area contributed by atoms with Gasteiger partial charge in [-0.1, -0.05) is 18.2 Å². The minimum Gasteiger partial charge on any atom is -0.480 e. The Morgan fingerprint density at radius 2 is 2.00 bits per heavy atom. The lowest BCUT2D eigenvalue weighted by atomic mass is 10.0. The highest BCUT2D eigenvalue weighted by atomic mass is 16.5. The third-order valence-electron chi connectivity index (χ3n) is 3.18. The molecule has 2 heterocycles. The Labute approximate surface area is 116 Å². The van der Waals surface area contributed by atoms with Gasteiger partial charge < -0.3 is 10.5 Å². The topological polar surface area (TPSA) is 73.9 Å². The van der Waals surface area contributed by atoms with E-state index in [0.717, 1.165) is 16.5 Å². The standard InChI is InChI=1S/C15H14N4O/c1-20-14-7-6-12(18-19-14)15(16)11-5-4-10-3-2-8-17-13(10)9-11/h2-9,15H,16H2,1H3.